The number of ether oxygens (including phenoxy) is 2. The molecule has 5 unspecified atom stereocenters. The Kier molecular flexibility index (Phi) is 7.04. The lowest BCUT2D eigenvalue weighted by Gasteiger charge is -2.18. The summed E-state index contributed by atoms with van der Waals surface area (Å²) in [5.41, 5.74) is 0. The first-order valence-electron chi connectivity index (χ1n) is 11.4. The van der Waals surface area contributed by atoms with Gasteiger partial charge in [0, 0.05) is 45.3 Å². The Morgan fingerprint density at radius 3 is 2.67 bits per heavy atom. The van der Waals surface area contributed by atoms with Gasteiger partial charge in [0.15, 0.2) is 5.96 Å². The van der Waals surface area contributed by atoms with Crippen molar-refractivity contribution in [1.82, 2.24) is 15.5 Å². The summed E-state index contributed by atoms with van der Waals surface area (Å²) < 4.78 is 11.1. The molecule has 2 bridgehead atoms. The first-order valence-corrected chi connectivity index (χ1v) is 11.4. The minimum atomic E-state index is -0.120. The predicted octanol–water partition coefficient (Wildman–Crippen LogP) is 0.792. The molecular weight excluding hydrogens is 384 g/mol. The molecule has 2 N–H and O–H groups in total. The molecule has 30 heavy (non-hydrogen) atoms. The molecule has 2 heterocycles. The number of allylic oxidation sites excluding steroid dienone is 2. The minimum Gasteiger partial charge on any atom is -0.381 e. The van der Waals surface area contributed by atoms with E-state index in [-0.39, 0.29) is 35.5 Å². The minimum absolute atomic E-state index is 0.00963. The molecule has 0 spiro atoms. The number of rotatable bonds is 10. The first kappa shape index (κ1) is 21.3. The number of fused-ring (bicyclic) bond motifs is 5. The first-order chi connectivity index (χ1) is 14.7. The number of nitrogens with one attached hydrogen (secondary N) is 2. The molecule has 0 aromatic carbocycles. The number of imide groups is 1. The monoisotopic (exact) mass is 418 g/mol. The number of hydrogen-bond donors (Lipinski definition) is 2. The van der Waals surface area contributed by atoms with Gasteiger partial charge in [0.05, 0.1) is 25.0 Å². The van der Waals surface area contributed by atoms with Crippen LogP contribution in [0.3, 0.4) is 0 Å². The standard InChI is InChI=1S/C22H34N4O4/c1-2-23-22(24-7-3-10-29-13-15-6-11-30-14-15)25-8-9-26-20(27)18-16-4-5-17(12-16)19(18)21(26)28/h4-5,15-19H,2-3,6-14H2,1H3,(H2,23,24,25). The van der Waals surface area contributed by atoms with Crippen molar-refractivity contribution in [3.8, 4) is 0 Å². The van der Waals surface area contributed by atoms with Crippen LogP contribution in [0.25, 0.3) is 0 Å². The third kappa shape index (κ3) is 4.54. The number of carbonyl (C=O) groups is 2. The van der Waals surface area contributed by atoms with E-state index in [1.54, 1.807) is 0 Å². The summed E-state index contributed by atoms with van der Waals surface area (Å²) >= 11 is 0. The number of hydrogen-bond acceptors (Lipinski definition) is 5. The second-order valence-electron chi connectivity index (χ2n) is 8.67. The van der Waals surface area contributed by atoms with Crippen LogP contribution in [0.2, 0.25) is 0 Å². The van der Waals surface area contributed by atoms with E-state index in [9.17, 15) is 9.59 Å². The highest BCUT2D eigenvalue weighted by atomic mass is 16.5. The molecule has 8 heteroatoms. The molecule has 2 amide bonds. The molecule has 0 radical (unpaired) electrons. The van der Waals surface area contributed by atoms with Crippen LogP contribution in [-0.4, -0.2) is 75.3 Å². The maximum Gasteiger partial charge on any atom is 0.233 e. The number of guanidine groups is 1. The molecule has 5 atom stereocenters. The fourth-order valence-corrected chi connectivity index (χ4v) is 5.13. The molecule has 1 saturated carbocycles. The second kappa shape index (κ2) is 9.92. The van der Waals surface area contributed by atoms with Gasteiger partial charge >= 0.3 is 0 Å². The van der Waals surface area contributed by atoms with Gasteiger partial charge in [-0.1, -0.05) is 12.2 Å². The van der Waals surface area contributed by atoms with Crippen molar-refractivity contribution < 1.29 is 19.1 Å². The molecule has 166 valence electrons. The zero-order valence-electron chi connectivity index (χ0n) is 17.8. The Bertz CT molecular complexity index is 659. The Hall–Kier alpha value is -1.93. The van der Waals surface area contributed by atoms with Crippen LogP contribution < -0.4 is 10.6 Å². The van der Waals surface area contributed by atoms with Gasteiger partial charge in [-0.15, -0.1) is 0 Å². The van der Waals surface area contributed by atoms with Gasteiger partial charge < -0.3 is 20.1 Å². The van der Waals surface area contributed by atoms with Crippen LogP contribution >= 0.6 is 0 Å². The number of amides is 2. The van der Waals surface area contributed by atoms with Gasteiger partial charge in [0.1, 0.15) is 0 Å². The number of nitrogens with zero attached hydrogens (tertiary/aromatic N) is 2. The van der Waals surface area contributed by atoms with Gasteiger partial charge in [-0.05, 0) is 38.0 Å². The van der Waals surface area contributed by atoms with E-state index in [1.165, 1.54) is 4.90 Å². The summed E-state index contributed by atoms with van der Waals surface area (Å²) in [6.45, 7) is 7.45. The van der Waals surface area contributed by atoms with Crippen LogP contribution in [-0.2, 0) is 19.1 Å². The van der Waals surface area contributed by atoms with E-state index < -0.39 is 0 Å². The predicted molar refractivity (Wildman–Crippen MR) is 113 cm³/mol. The summed E-state index contributed by atoms with van der Waals surface area (Å²) in [5, 5.41) is 6.46. The third-order valence-electron chi connectivity index (χ3n) is 6.63. The molecule has 0 aromatic rings. The molecule has 4 aliphatic rings. The smallest absolute Gasteiger partial charge is 0.233 e. The molecule has 2 aliphatic carbocycles. The number of aliphatic imine (C=N–C) groups is 1. The molecule has 3 fully saturated rings. The van der Waals surface area contributed by atoms with Gasteiger partial charge in [-0.3, -0.25) is 19.5 Å². The van der Waals surface area contributed by atoms with Crippen LogP contribution in [0, 0.1) is 29.6 Å². The molecular formula is C22H34N4O4. The zero-order valence-corrected chi connectivity index (χ0v) is 17.8. The molecule has 2 saturated heterocycles. The lowest BCUT2D eigenvalue weighted by Crippen LogP contribution is -2.43. The maximum atomic E-state index is 12.7. The Labute approximate surface area is 178 Å². The van der Waals surface area contributed by atoms with E-state index in [0.29, 0.717) is 38.1 Å². The lowest BCUT2D eigenvalue weighted by molar-refractivity contribution is -0.140. The largest absolute Gasteiger partial charge is 0.381 e. The quantitative estimate of drug-likeness (QED) is 0.179. The Balaban J connectivity index is 1.16. The number of carbonyl (C=O) groups excluding carboxylic acids is 2. The average molecular weight is 419 g/mol. The summed E-state index contributed by atoms with van der Waals surface area (Å²) in [6, 6.07) is 0. The van der Waals surface area contributed by atoms with Crippen molar-refractivity contribution in [3.05, 3.63) is 12.2 Å². The topological polar surface area (TPSA) is 92.3 Å². The highest BCUT2D eigenvalue weighted by Gasteiger charge is 2.58. The van der Waals surface area contributed by atoms with Crippen LogP contribution in [0.5, 0.6) is 0 Å². The molecule has 8 nitrogen and oxygen atoms in total. The number of likely N-dealkylation sites (tertiary alicyclic amines) is 1. The van der Waals surface area contributed by atoms with E-state index in [2.05, 4.69) is 27.8 Å². The van der Waals surface area contributed by atoms with Crippen molar-refractivity contribution in [1.29, 1.82) is 0 Å². The van der Waals surface area contributed by atoms with Crippen molar-refractivity contribution >= 4 is 17.8 Å². The summed E-state index contributed by atoms with van der Waals surface area (Å²) in [5.74, 6) is 1.55. The Morgan fingerprint density at radius 2 is 2.00 bits per heavy atom. The van der Waals surface area contributed by atoms with E-state index in [0.717, 1.165) is 45.6 Å². The van der Waals surface area contributed by atoms with Crippen LogP contribution in [0.15, 0.2) is 17.1 Å². The van der Waals surface area contributed by atoms with E-state index in [4.69, 9.17) is 9.47 Å². The maximum absolute atomic E-state index is 12.7. The van der Waals surface area contributed by atoms with Gasteiger partial charge in [0.2, 0.25) is 11.8 Å². The van der Waals surface area contributed by atoms with Crippen LogP contribution in [0.4, 0.5) is 0 Å². The van der Waals surface area contributed by atoms with Crippen LogP contribution in [0.1, 0.15) is 26.2 Å². The molecule has 0 aromatic heterocycles. The summed E-state index contributed by atoms with van der Waals surface area (Å²) in [6.07, 6.45) is 7.16. The zero-order chi connectivity index (χ0) is 20.9. The second-order valence-corrected chi connectivity index (χ2v) is 8.67. The van der Waals surface area contributed by atoms with Crippen molar-refractivity contribution in [2.24, 2.45) is 34.6 Å². The van der Waals surface area contributed by atoms with E-state index >= 15 is 0 Å². The normalized spacial score (nSPS) is 32.4. The molecule has 2 aliphatic heterocycles. The van der Waals surface area contributed by atoms with E-state index in [1.807, 2.05) is 6.92 Å². The fourth-order valence-electron chi connectivity index (χ4n) is 5.13. The van der Waals surface area contributed by atoms with Crippen molar-refractivity contribution in [2.75, 3.05) is 52.6 Å². The van der Waals surface area contributed by atoms with Crippen molar-refractivity contribution in [3.63, 3.8) is 0 Å². The lowest BCUT2D eigenvalue weighted by atomic mass is 9.85. The summed E-state index contributed by atoms with van der Waals surface area (Å²) in [4.78, 5) is 31.5. The van der Waals surface area contributed by atoms with Crippen molar-refractivity contribution in [2.45, 2.75) is 26.2 Å². The molecule has 4 rings (SSSR count). The van der Waals surface area contributed by atoms with Gasteiger partial charge in [0.25, 0.3) is 0 Å². The highest BCUT2D eigenvalue weighted by Crippen LogP contribution is 2.52. The fraction of sp³-hybridized carbons (Fsp3) is 0.773. The van der Waals surface area contributed by atoms with Gasteiger partial charge in [-0.25, -0.2) is 0 Å². The highest BCUT2D eigenvalue weighted by molar-refractivity contribution is 6.06. The average Bonchev–Trinajstić information content (AvgIpc) is 3.52. The Morgan fingerprint density at radius 1 is 1.23 bits per heavy atom. The SMILES string of the molecule is CCNC(=NCCCOCC1CCOC1)NCCN1C(=O)C2C3C=CC(C3)C2C1=O. The third-order valence-corrected chi connectivity index (χ3v) is 6.63. The summed E-state index contributed by atoms with van der Waals surface area (Å²) in [7, 11) is 0. The van der Waals surface area contributed by atoms with Gasteiger partial charge in [-0.2, -0.15) is 0 Å².